The van der Waals surface area contributed by atoms with Crippen LogP contribution in [0.1, 0.15) is 44.9 Å². The van der Waals surface area contributed by atoms with Crippen LogP contribution in [0.4, 0.5) is 11.6 Å². The number of benzene rings is 1. The Kier molecular flexibility index (Phi) is 4.25. The van der Waals surface area contributed by atoms with Gasteiger partial charge in [0.05, 0.1) is 0 Å². The molecule has 0 radical (unpaired) electrons. The van der Waals surface area contributed by atoms with Crippen molar-refractivity contribution in [2.24, 2.45) is 0 Å². The SMILES string of the molecule is CCc1cccc(CC)c1Nc1nccn1C(C)C. The fourth-order valence-electron chi connectivity index (χ4n) is 2.34. The lowest BCUT2D eigenvalue weighted by Gasteiger charge is -2.17. The van der Waals surface area contributed by atoms with Gasteiger partial charge in [0.25, 0.3) is 0 Å². The molecule has 0 bridgehead atoms. The van der Waals surface area contributed by atoms with Gasteiger partial charge in [0.1, 0.15) is 0 Å². The van der Waals surface area contributed by atoms with E-state index in [1.54, 1.807) is 0 Å². The van der Waals surface area contributed by atoms with Crippen molar-refractivity contribution in [3.05, 3.63) is 41.7 Å². The first-order valence-corrected chi connectivity index (χ1v) is 7.08. The number of nitrogens with zero attached hydrogens (tertiary/aromatic N) is 2. The van der Waals surface area contributed by atoms with Crippen molar-refractivity contribution in [3.63, 3.8) is 0 Å². The summed E-state index contributed by atoms with van der Waals surface area (Å²) in [6.07, 6.45) is 5.92. The molecule has 3 nitrogen and oxygen atoms in total. The maximum Gasteiger partial charge on any atom is 0.207 e. The van der Waals surface area contributed by atoms with Crippen LogP contribution in [-0.2, 0) is 12.8 Å². The van der Waals surface area contributed by atoms with Gasteiger partial charge >= 0.3 is 0 Å². The van der Waals surface area contributed by atoms with E-state index >= 15 is 0 Å². The van der Waals surface area contributed by atoms with E-state index in [0.717, 1.165) is 18.8 Å². The summed E-state index contributed by atoms with van der Waals surface area (Å²) in [6.45, 7) is 8.71. The third kappa shape index (κ3) is 2.80. The maximum absolute atomic E-state index is 4.44. The second kappa shape index (κ2) is 5.91. The van der Waals surface area contributed by atoms with Gasteiger partial charge in [0, 0.05) is 24.1 Å². The second-order valence-corrected chi connectivity index (χ2v) is 5.04. The van der Waals surface area contributed by atoms with Gasteiger partial charge in [-0.15, -0.1) is 0 Å². The van der Waals surface area contributed by atoms with Gasteiger partial charge in [0.2, 0.25) is 5.95 Å². The zero-order chi connectivity index (χ0) is 13.8. The zero-order valence-electron chi connectivity index (χ0n) is 12.3. The number of nitrogens with one attached hydrogen (secondary N) is 1. The van der Waals surface area contributed by atoms with E-state index in [9.17, 15) is 0 Å². The second-order valence-electron chi connectivity index (χ2n) is 5.04. The van der Waals surface area contributed by atoms with Crippen LogP contribution in [0.25, 0.3) is 0 Å². The van der Waals surface area contributed by atoms with E-state index < -0.39 is 0 Å². The number of rotatable bonds is 5. The molecular weight excluding hydrogens is 234 g/mol. The summed E-state index contributed by atoms with van der Waals surface area (Å²) in [7, 11) is 0. The van der Waals surface area contributed by atoms with Crippen molar-refractivity contribution in [1.82, 2.24) is 9.55 Å². The van der Waals surface area contributed by atoms with E-state index in [1.165, 1.54) is 16.8 Å². The van der Waals surface area contributed by atoms with Crippen LogP contribution >= 0.6 is 0 Å². The van der Waals surface area contributed by atoms with E-state index in [0.29, 0.717) is 6.04 Å². The average molecular weight is 257 g/mol. The van der Waals surface area contributed by atoms with Gasteiger partial charge in [-0.05, 0) is 37.8 Å². The lowest BCUT2D eigenvalue weighted by Crippen LogP contribution is -2.08. The van der Waals surface area contributed by atoms with Crippen LogP contribution in [0, 0.1) is 0 Å². The van der Waals surface area contributed by atoms with Crippen molar-refractivity contribution >= 4 is 11.6 Å². The zero-order valence-corrected chi connectivity index (χ0v) is 12.3. The molecule has 1 aromatic carbocycles. The number of aromatic nitrogens is 2. The average Bonchev–Trinajstić information content (AvgIpc) is 2.87. The molecule has 0 aliphatic carbocycles. The van der Waals surface area contributed by atoms with Gasteiger partial charge in [-0.2, -0.15) is 0 Å². The Labute approximate surface area is 115 Å². The first-order valence-electron chi connectivity index (χ1n) is 7.08. The van der Waals surface area contributed by atoms with E-state index in [4.69, 9.17) is 0 Å². The Morgan fingerprint density at radius 3 is 2.32 bits per heavy atom. The first kappa shape index (κ1) is 13.7. The number of imidazole rings is 1. The van der Waals surface area contributed by atoms with Crippen LogP contribution in [0.3, 0.4) is 0 Å². The number of hydrogen-bond donors (Lipinski definition) is 1. The molecule has 0 atom stereocenters. The van der Waals surface area contributed by atoms with Crippen molar-refractivity contribution in [1.29, 1.82) is 0 Å². The van der Waals surface area contributed by atoms with Gasteiger partial charge in [-0.25, -0.2) is 4.98 Å². The topological polar surface area (TPSA) is 29.9 Å². The van der Waals surface area contributed by atoms with Gasteiger partial charge in [-0.1, -0.05) is 32.0 Å². The minimum absolute atomic E-state index is 0.406. The third-order valence-electron chi connectivity index (χ3n) is 3.46. The number of anilines is 2. The highest BCUT2D eigenvalue weighted by Gasteiger charge is 2.10. The summed E-state index contributed by atoms with van der Waals surface area (Å²) in [5.41, 5.74) is 3.91. The lowest BCUT2D eigenvalue weighted by molar-refractivity contribution is 0.607. The fraction of sp³-hybridized carbons (Fsp3) is 0.438. The number of para-hydroxylation sites is 1. The molecule has 19 heavy (non-hydrogen) atoms. The van der Waals surface area contributed by atoms with Crippen molar-refractivity contribution < 1.29 is 0 Å². The molecular formula is C16H23N3. The third-order valence-corrected chi connectivity index (χ3v) is 3.46. The molecule has 2 rings (SSSR count). The van der Waals surface area contributed by atoms with Crippen molar-refractivity contribution in [3.8, 4) is 0 Å². The molecule has 0 saturated carbocycles. The Hall–Kier alpha value is -1.77. The summed E-state index contributed by atoms with van der Waals surface area (Å²) in [4.78, 5) is 4.44. The Bertz CT molecular complexity index is 518. The molecule has 0 amide bonds. The molecule has 102 valence electrons. The van der Waals surface area contributed by atoms with Gasteiger partial charge in [-0.3, -0.25) is 0 Å². The molecule has 1 N–H and O–H groups in total. The van der Waals surface area contributed by atoms with Crippen LogP contribution in [0.2, 0.25) is 0 Å². The summed E-state index contributed by atoms with van der Waals surface area (Å²) >= 11 is 0. The minimum Gasteiger partial charge on any atom is -0.325 e. The predicted molar refractivity (Wildman–Crippen MR) is 81.1 cm³/mol. The predicted octanol–water partition coefficient (Wildman–Crippen LogP) is 4.33. The van der Waals surface area contributed by atoms with Gasteiger partial charge < -0.3 is 9.88 Å². The van der Waals surface area contributed by atoms with Crippen molar-refractivity contribution in [2.75, 3.05) is 5.32 Å². The molecule has 0 spiro atoms. The maximum atomic E-state index is 4.44. The van der Waals surface area contributed by atoms with Gasteiger partial charge in [0.15, 0.2) is 0 Å². The largest absolute Gasteiger partial charge is 0.325 e. The van der Waals surface area contributed by atoms with Crippen molar-refractivity contribution in [2.45, 2.75) is 46.6 Å². The molecule has 0 unspecified atom stereocenters. The minimum atomic E-state index is 0.406. The quantitative estimate of drug-likeness (QED) is 0.864. The molecule has 3 heteroatoms. The number of aryl methyl sites for hydroxylation is 2. The van der Waals surface area contributed by atoms with Crippen LogP contribution in [0.15, 0.2) is 30.6 Å². The summed E-state index contributed by atoms with van der Waals surface area (Å²) < 4.78 is 2.16. The Balaban J connectivity index is 2.39. The van der Waals surface area contributed by atoms with Crippen LogP contribution in [0.5, 0.6) is 0 Å². The Morgan fingerprint density at radius 2 is 1.79 bits per heavy atom. The molecule has 0 fully saturated rings. The van der Waals surface area contributed by atoms with Crippen LogP contribution in [-0.4, -0.2) is 9.55 Å². The van der Waals surface area contributed by atoms with E-state index in [-0.39, 0.29) is 0 Å². The van der Waals surface area contributed by atoms with E-state index in [2.05, 4.69) is 60.8 Å². The highest BCUT2D eigenvalue weighted by molar-refractivity contribution is 5.64. The molecule has 0 aliphatic rings. The molecule has 0 aliphatic heterocycles. The Morgan fingerprint density at radius 1 is 1.16 bits per heavy atom. The summed E-state index contributed by atoms with van der Waals surface area (Å²) in [5.74, 6) is 0.922. The van der Waals surface area contributed by atoms with E-state index in [1.807, 2.05) is 12.4 Å². The highest BCUT2D eigenvalue weighted by Crippen LogP contribution is 2.26. The normalized spacial score (nSPS) is 11.0. The molecule has 2 aromatic rings. The standard InChI is InChI=1S/C16H23N3/c1-5-13-8-7-9-14(6-2)15(13)18-16-17-10-11-19(16)12(3)4/h7-12H,5-6H2,1-4H3,(H,17,18). The molecule has 1 aromatic heterocycles. The fourth-order valence-corrected chi connectivity index (χ4v) is 2.34. The molecule has 1 heterocycles. The summed E-state index contributed by atoms with van der Waals surface area (Å²) in [6, 6.07) is 6.91. The lowest BCUT2D eigenvalue weighted by atomic mass is 10.0. The summed E-state index contributed by atoms with van der Waals surface area (Å²) in [5, 5.41) is 3.52. The monoisotopic (exact) mass is 257 g/mol. The molecule has 0 saturated heterocycles. The smallest absolute Gasteiger partial charge is 0.207 e. The number of hydrogen-bond acceptors (Lipinski definition) is 2. The first-order chi connectivity index (χ1) is 9.17. The van der Waals surface area contributed by atoms with Crippen LogP contribution < -0.4 is 5.32 Å². The highest BCUT2D eigenvalue weighted by atomic mass is 15.2.